The van der Waals surface area contributed by atoms with Crippen molar-refractivity contribution in [3.63, 3.8) is 0 Å². The Labute approximate surface area is 102 Å². The molecule has 90 valence electrons. The number of benzene rings is 1. The van der Waals surface area contributed by atoms with Crippen LogP contribution in [0.15, 0.2) is 18.2 Å². The van der Waals surface area contributed by atoms with Gasteiger partial charge in [-0.15, -0.1) is 0 Å². The van der Waals surface area contributed by atoms with Gasteiger partial charge in [-0.3, -0.25) is 4.79 Å². The van der Waals surface area contributed by atoms with Crippen LogP contribution in [0.4, 0.5) is 0 Å². The molecule has 0 spiro atoms. The maximum Gasteiger partial charge on any atom is 0.309 e. The number of rotatable bonds is 3. The highest BCUT2D eigenvalue weighted by atomic mass is 16.5. The molecule has 0 bridgehead atoms. The minimum absolute atomic E-state index is 0.00931. The Morgan fingerprint density at radius 2 is 2.24 bits per heavy atom. The molecular weight excluding hydrogens is 212 g/mol. The van der Waals surface area contributed by atoms with Crippen molar-refractivity contribution in [1.29, 1.82) is 0 Å². The first-order valence-electron chi connectivity index (χ1n) is 6.55. The predicted molar refractivity (Wildman–Crippen MR) is 65.9 cm³/mol. The van der Waals surface area contributed by atoms with Gasteiger partial charge in [-0.1, -0.05) is 25.1 Å². The smallest absolute Gasteiger partial charge is 0.309 e. The molecule has 17 heavy (non-hydrogen) atoms. The summed E-state index contributed by atoms with van der Waals surface area (Å²) in [7, 11) is 0. The molecule has 1 aromatic carbocycles. The number of carbonyl (C=O) groups excluding carboxylic acids is 1. The molecule has 1 saturated carbocycles. The lowest BCUT2D eigenvalue weighted by atomic mass is 9.96. The molecule has 1 fully saturated rings. The van der Waals surface area contributed by atoms with Gasteiger partial charge >= 0.3 is 5.97 Å². The van der Waals surface area contributed by atoms with Crippen molar-refractivity contribution in [2.45, 2.75) is 32.6 Å². The van der Waals surface area contributed by atoms with Crippen molar-refractivity contribution in [3.05, 3.63) is 34.9 Å². The molecule has 2 nitrogen and oxygen atoms in total. The Balaban J connectivity index is 1.85. The minimum atomic E-state index is 0.00931. The number of hydrogen-bond donors (Lipinski definition) is 0. The first-order chi connectivity index (χ1) is 8.27. The lowest BCUT2D eigenvalue weighted by Gasteiger charge is -2.11. The second kappa shape index (κ2) is 3.86. The van der Waals surface area contributed by atoms with Crippen LogP contribution in [0.1, 0.15) is 36.5 Å². The molecular formula is C15H18O2. The van der Waals surface area contributed by atoms with E-state index < -0.39 is 0 Å². The summed E-state index contributed by atoms with van der Waals surface area (Å²) >= 11 is 0. The van der Waals surface area contributed by atoms with Crippen LogP contribution in [-0.4, -0.2) is 12.6 Å². The molecule has 3 rings (SSSR count). The fourth-order valence-electron chi connectivity index (χ4n) is 3.39. The summed E-state index contributed by atoms with van der Waals surface area (Å²) in [5.41, 5.74) is 4.37. The van der Waals surface area contributed by atoms with Gasteiger partial charge < -0.3 is 4.74 Å². The Morgan fingerprint density at radius 3 is 2.94 bits per heavy atom. The molecule has 2 heteroatoms. The van der Waals surface area contributed by atoms with Gasteiger partial charge in [0.1, 0.15) is 0 Å². The number of aryl methyl sites for hydroxylation is 1. The van der Waals surface area contributed by atoms with E-state index in [9.17, 15) is 4.79 Å². The summed E-state index contributed by atoms with van der Waals surface area (Å²) in [6, 6.07) is 6.53. The standard InChI is InChI=1S/C15H18O2/c1-3-9-6-5-7-10-11(9)8-12-13(10)14(12)15(16)17-4-2/h5-7,12-14H,3-4,8H2,1-2H3/t12-,13+,14+/m1/s1. The van der Waals surface area contributed by atoms with Crippen molar-refractivity contribution in [2.24, 2.45) is 11.8 Å². The average Bonchev–Trinajstić information content (AvgIpc) is 2.92. The van der Waals surface area contributed by atoms with Crippen LogP contribution in [0.2, 0.25) is 0 Å². The Kier molecular flexibility index (Phi) is 2.46. The van der Waals surface area contributed by atoms with Gasteiger partial charge in [-0.25, -0.2) is 0 Å². The van der Waals surface area contributed by atoms with Crippen molar-refractivity contribution < 1.29 is 9.53 Å². The molecule has 0 aromatic heterocycles. The van der Waals surface area contributed by atoms with Crippen molar-refractivity contribution >= 4 is 5.97 Å². The normalized spacial score (nSPS) is 28.5. The van der Waals surface area contributed by atoms with Crippen LogP contribution < -0.4 is 0 Å². The molecule has 0 aliphatic heterocycles. The van der Waals surface area contributed by atoms with Crippen LogP contribution in [-0.2, 0) is 22.4 Å². The maximum atomic E-state index is 11.8. The molecule has 0 heterocycles. The maximum absolute atomic E-state index is 11.8. The summed E-state index contributed by atoms with van der Waals surface area (Å²) in [6.07, 6.45) is 2.17. The van der Waals surface area contributed by atoms with Gasteiger partial charge in [0.15, 0.2) is 0 Å². The highest BCUT2D eigenvalue weighted by Gasteiger charge is 2.60. The van der Waals surface area contributed by atoms with Crippen LogP contribution in [0.25, 0.3) is 0 Å². The second-order valence-electron chi connectivity index (χ2n) is 5.01. The lowest BCUT2D eigenvalue weighted by molar-refractivity contribution is -0.145. The number of ether oxygens (including phenoxy) is 1. The molecule has 1 aromatic rings. The van der Waals surface area contributed by atoms with Gasteiger partial charge in [0.25, 0.3) is 0 Å². The zero-order chi connectivity index (χ0) is 12.0. The zero-order valence-electron chi connectivity index (χ0n) is 10.4. The van der Waals surface area contributed by atoms with E-state index in [1.807, 2.05) is 6.92 Å². The fraction of sp³-hybridized carbons (Fsp3) is 0.533. The molecule has 3 atom stereocenters. The molecule has 0 amide bonds. The Hall–Kier alpha value is -1.31. The topological polar surface area (TPSA) is 26.3 Å². The fourth-order valence-corrected chi connectivity index (χ4v) is 3.39. The van der Waals surface area contributed by atoms with Crippen molar-refractivity contribution in [2.75, 3.05) is 6.61 Å². The summed E-state index contributed by atoms with van der Waals surface area (Å²) in [5.74, 6) is 1.14. The number of carbonyl (C=O) groups is 1. The van der Waals surface area contributed by atoms with Gasteiger partial charge in [-0.05, 0) is 42.4 Å². The monoisotopic (exact) mass is 230 g/mol. The number of fused-ring (bicyclic) bond motifs is 3. The molecule has 2 aliphatic carbocycles. The van der Waals surface area contributed by atoms with Gasteiger partial charge in [0, 0.05) is 5.92 Å². The van der Waals surface area contributed by atoms with Crippen LogP contribution in [0.5, 0.6) is 0 Å². The SMILES string of the molecule is CCOC(=O)[C@H]1[C@@H]2Cc3c(CC)cccc3[C@@H]21. The van der Waals surface area contributed by atoms with E-state index >= 15 is 0 Å². The predicted octanol–water partition coefficient (Wildman–Crippen LogP) is 2.70. The van der Waals surface area contributed by atoms with E-state index in [4.69, 9.17) is 4.74 Å². The van der Waals surface area contributed by atoms with E-state index in [2.05, 4.69) is 25.1 Å². The molecule has 0 N–H and O–H groups in total. The zero-order valence-corrected chi connectivity index (χ0v) is 10.4. The van der Waals surface area contributed by atoms with Crippen molar-refractivity contribution in [3.8, 4) is 0 Å². The first-order valence-corrected chi connectivity index (χ1v) is 6.55. The summed E-state index contributed by atoms with van der Waals surface area (Å²) in [4.78, 5) is 11.8. The highest BCUT2D eigenvalue weighted by Crippen LogP contribution is 2.62. The largest absolute Gasteiger partial charge is 0.466 e. The Morgan fingerprint density at radius 1 is 1.41 bits per heavy atom. The average molecular weight is 230 g/mol. The third-order valence-corrected chi connectivity index (χ3v) is 4.22. The van der Waals surface area contributed by atoms with Crippen LogP contribution in [0, 0.1) is 11.8 Å². The molecule has 0 unspecified atom stereocenters. The van der Waals surface area contributed by atoms with Gasteiger partial charge in [0.05, 0.1) is 12.5 Å². The number of esters is 1. The quantitative estimate of drug-likeness (QED) is 0.746. The molecule has 0 radical (unpaired) electrons. The highest BCUT2D eigenvalue weighted by molar-refractivity contribution is 5.79. The first kappa shape index (κ1) is 10.8. The van der Waals surface area contributed by atoms with E-state index in [1.165, 1.54) is 16.7 Å². The third-order valence-electron chi connectivity index (χ3n) is 4.22. The lowest BCUT2D eigenvalue weighted by Crippen LogP contribution is -2.11. The Bertz CT molecular complexity index is 464. The van der Waals surface area contributed by atoms with Crippen molar-refractivity contribution in [1.82, 2.24) is 0 Å². The van der Waals surface area contributed by atoms with E-state index in [1.54, 1.807) is 0 Å². The van der Waals surface area contributed by atoms with Gasteiger partial charge in [-0.2, -0.15) is 0 Å². The summed E-state index contributed by atoms with van der Waals surface area (Å²) in [5, 5.41) is 0. The van der Waals surface area contributed by atoms with E-state index in [0.717, 1.165) is 12.8 Å². The number of hydrogen-bond acceptors (Lipinski definition) is 2. The summed E-state index contributed by atoms with van der Waals surface area (Å²) in [6.45, 7) is 4.57. The third kappa shape index (κ3) is 1.50. The summed E-state index contributed by atoms with van der Waals surface area (Å²) < 4.78 is 5.13. The van der Waals surface area contributed by atoms with E-state index in [0.29, 0.717) is 18.4 Å². The molecule has 0 saturated heterocycles. The van der Waals surface area contributed by atoms with E-state index in [-0.39, 0.29) is 11.9 Å². The van der Waals surface area contributed by atoms with Crippen LogP contribution >= 0.6 is 0 Å². The second-order valence-corrected chi connectivity index (χ2v) is 5.01. The van der Waals surface area contributed by atoms with Gasteiger partial charge in [0.2, 0.25) is 0 Å². The molecule has 2 aliphatic rings. The minimum Gasteiger partial charge on any atom is -0.466 e. The van der Waals surface area contributed by atoms with Crippen LogP contribution in [0.3, 0.4) is 0 Å².